The zero-order valence-corrected chi connectivity index (χ0v) is 15.3. The summed E-state index contributed by atoms with van der Waals surface area (Å²) in [6.07, 6.45) is 1.79. The Morgan fingerprint density at radius 1 is 1.07 bits per heavy atom. The predicted octanol–water partition coefficient (Wildman–Crippen LogP) is 4.39. The molecule has 0 aliphatic heterocycles. The summed E-state index contributed by atoms with van der Waals surface area (Å²) >= 11 is 0. The number of phenols is 1. The zero-order chi connectivity index (χ0) is 18.8. The van der Waals surface area contributed by atoms with Gasteiger partial charge in [-0.2, -0.15) is 5.10 Å². The number of aryl methyl sites for hydroxylation is 1. The Hall–Kier alpha value is -3.41. The summed E-state index contributed by atoms with van der Waals surface area (Å²) in [6.45, 7) is 4.78. The highest BCUT2D eigenvalue weighted by atomic mass is 16.3. The number of nitrogens with one attached hydrogen (secondary N) is 1. The first-order chi connectivity index (χ1) is 13.1. The second kappa shape index (κ2) is 7.07. The summed E-state index contributed by atoms with van der Waals surface area (Å²) in [5.74, 6) is 1.86. The standard InChI is InChI=1S/C21H21N5O/c1-14(16-7-4-3-5-8-16)13-26-21-19(12-22-26)20(23-15(2)24-21)25-17-9-6-10-18(27)11-17/h3-12,14,27H,13H2,1-2H3,(H,23,24,25). The van der Waals surface area contributed by atoms with Crippen molar-refractivity contribution < 1.29 is 5.11 Å². The molecule has 0 saturated carbocycles. The van der Waals surface area contributed by atoms with Crippen LogP contribution >= 0.6 is 0 Å². The van der Waals surface area contributed by atoms with Crippen LogP contribution in [0.5, 0.6) is 5.75 Å². The number of fused-ring (bicyclic) bond motifs is 1. The van der Waals surface area contributed by atoms with Crippen molar-refractivity contribution in [1.82, 2.24) is 19.7 Å². The van der Waals surface area contributed by atoms with Crippen molar-refractivity contribution in [3.63, 3.8) is 0 Å². The van der Waals surface area contributed by atoms with Crippen LogP contribution in [0.4, 0.5) is 11.5 Å². The smallest absolute Gasteiger partial charge is 0.163 e. The van der Waals surface area contributed by atoms with E-state index in [1.807, 2.05) is 23.7 Å². The first-order valence-electron chi connectivity index (χ1n) is 8.91. The van der Waals surface area contributed by atoms with Crippen molar-refractivity contribution in [2.75, 3.05) is 5.32 Å². The van der Waals surface area contributed by atoms with E-state index in [0.717, 1.165) is 23.3 Å². The van der Waals surface area contributed by atoms with Gasteiger partial charge in [0.15, 0.2) is 5.65 Å². The predicted molar refractivity (Wildman–Crippen MR) is 106 cm³/mol. The van der Waals surface area contributed by atoms with E-state index in [2.05, 4.69) is 51.6 Å². The molecule has 1 atom stereocenters. The number of rotatable bonds is 5. The third-order valence-corrected chi connectivity index (χ3v) is 4.53. The highest BCUT2D eigenvalue weighted by molar-refractivity contribution is 5.88. The summed E-state index contributed by atoms with van der Waals surface area (Å²) in [5, 5.41) is 18.3. The summed E-state index contributed by atoms with van der Waals surface area (Å²) < 4.78 is 1.93. The fourth-order valence-corrected chi connectivity index (χ4v) is 3.16. The van der Waals surface area contributed by atoms with E-state index >= 15 is 0 Å². The lowest BCUT2D eigenvalue weighted by Crippen LogP contribution is -2.09. The lowest BCUT2D eigenvalue weighted by Gasteiger charge is -2.13. The molecule has 2 aromatic carbocycles. The lowest BCUT2D eigenvalue weighted by molar-refractivity contribution is 0.475. The van der Waals surface area contributed by atoms with Crippen LogP contribution in [0.25, 0.3) is 11.0 Å². The minimum Gasteiger partial charge on any atom is -0.508 e. The van der Waals surface area contributed by atoms with Crippen molar-refractivity contribution in [2.24, 2.45) is 0 Å². The van der Waals surface area contributed by atoms with Gasteiger partial charge in [-0.1, -0.05) is 43.3 Å². The fourth-order valence-electron chi connectivity index (χ4n) is 3.16. The summed E-state index contributed by atoms with van der Waals surface area (Å²) in [6, 6.07) is 17.3. The minimum atomic E-state index is 0.203. The summed E-state index contributed by atoms with van der Waals surface area (Å²) in [7, 11) is 0. The maximum atomic E-state index is 9.68. The van der Waals surface area contributed by atoms with Gasteiger partial charge in [0.1, 0.15) is 17.4 Å². The van der Waals surface area contributed by atoms with Gasteiger partial charge in [-0.25, -0.2) is 14.6 Å². The van der Waals surface area contributed by atoms with Gasteiger partial charge in [0.05, 0.1) is 11.6 Å². The number of anilines is 2. The largest absolute Gasteiger partial charge is 0.508 e. The average Bonchev–Trinajstić information content (AvgIpc) is 3.05. The van der Waals surface area contributed by atoms with Gasteiger partial charge in [-0.05, 0) is 24.6 Å². The molecule has 0 amide bonds. The third-order valence-electron chi connectivity index (χ3n) is 4.53. The third kappa shape index (κ3) is 3.60. The molecule has 2 heterocycles. The molecule has 0 bridgehead atoms. The highest BCUT2D eigenvalue weighted by Gasteiger charge is 2.14. The second-order valence-electron chi connectivity index (χ2n) is 6.67. The molecule has 2 aromatic heterocycles. The Labute approximate surface area is 157 Å². The number of hydrogen-bond donors (Lipinski definition) is 2. The van der Waals surface area contributed by atoms with Crippen molar-refractivity contribution in [3.05, 3.63) is 72.2 Å². The second-order valence-corrected chi connectivity index (χ2v) is 6.67. The summed E-state index contributed by atoms with van der Waals surface area (Å²) in [4.78, 5) is 9.12. The molecule has 0 saturated heterocycles. The Kier molecular flexibility index (Phi) is 4.46. The van der Waals surface area contributed by atoms with Gasteiger partial charge in [-0.3, -0.25) is 0 Å². The van der Waals surface area contributed by atoms with Crippen molar-refractivity contribution >= 4 is 22.5 Å². The van der Waals surface area contributed by atoms with Crippen LogP contribution in [0.15, 0.2) is 60.8 Å². The molecule has 6 nitrogen and oxygen atoms in total. The molecule has 6 heteroatoms. The number of aromatic hydroxyl groups is 1. The van der Waals surface area contributed by atoms with Crippen LogP contribution in [-0.4, -0.2) is 24.9 Å². The van der Waals surface area contributed by atoms with Crippen molar-refractivity contribution in [3.8, 4) is 5.75 Å². The average molecular weight is 359 g/mol. The maximum absolute atomic E-state index is 9.68. The number of phenolic OH excluding ortho intramolecular Hbond substituents is 1. The van der Waals surface area contributed by atoms with Gasteiger partial charge >= 0.3 is 0 Å². The molecule has 1 unspecified atom stereocenters. The van der Waals surface area contributed by atoms with Crippen LogP contribution in [0, 0.1) is 6.92 Å². The molecular formula is C21H21N5O. The van der Waals surface area contributed by atoms with Crippen molar-refractivity contribution in [1.29, 1.82) is 0 Å². The SMILES string of the molecule is Cc1nc(Nc2cccc(O)c2)c2cnn(CC(C)c3ccccc3)c2n1. The number of benzene rings is 2. The molecule has 2 N–H and O–H groups in total. The van der Waals surface area contributed by atoms with E-state index in [1.165, 1.54) is 5.56 Å². The van der Waals surface area contributed by atoms with E-state index < -0.39 is 0 Å². The molecule has 27 heavy (non-hydrogen) atoms. The van der Waals surface area contributed by atoms with Crippen LogP contribution in [0.3, 0.4) is 0 Å². The van der Waals surface area contributed by atoms with E-state index in [-0.39, 0.29) is 5.75 Å². The Balaban J connectivity index is 1.67. The number of aromatic nitrogens is 4. The quantitative estimate of drug-likeness (QED) is 0.553. The molecule has 0 radical (unpaired) electrons. The van der Waals surface area contributed by atoms with Crippen molar-refractivity contribution in [2.45, 2.75) is 26.3 Å². The Bertz CT molecular complexity index is 1070. The molecule has 0 spiro atoms. The monoisotopic (exact) mass is 359 g/mol. The van der Waals surface area contributed by atoms with Crippen LogP contribution in [0.2, 0.25) is 0 Å². The van der Waals surface area contributed by atoms with E-state index in [9.17, 15) is 5.11 Å². The van der Waals surface area contributed by atoms with Gasteiger partial charge < -0.3 is 10.4 Å². The Morgan fingerprint density at radius 2 is 1.89 bits per heavy atom. The molecular weight excluding hydrogens is 338 g/mol. The molecule has 0 fully saturated rings. The summed E-state index contributed by atoms with van der Waals surface area (Å²) in [5.41, 5.74) is 2.83. The highest BCUT2D eigenvalue weighted by Crippen LogP contribution is 2.26. The van der Waals surface area contributed by atoms with Gasteiger partial charge in [0.25, 0.3) is 0 Å². The maximum Gasteiger partial charge on any atom is 0.163 e. The zero-order valence-electron chi connectivity index (χ0n) is 15.3. The van der Waals surface area contributed by atoms with E-state index in [0.29, 0.717) is 17.6 Å². The topological polar surface area (TPSA) is 75.9 Å². The van der Waals surface area contributed by atoms with E-state index in [1.54, 1.807) is 24.4 Å². The van der Waals surface area contributed by atoms with Gasteiger partial charge in [-0.15, -0.1) is 0 Å². The minimum absolute atomic E-state index is 0.203. The normalized spacial score (nSPS) is 12.2. The first-order valence-corrected chi connectivity index (χ1v) is 8.91. The van der Waals surface area contributed by atoms with Crippen LogP contribution in [0.1, 0.15) is 24.2 Å². The van der Waals surface area contributed by atoms with Crippen LogP contribution < -0.4 is 5.32 Å². The molecule has 0 aliphatic rings. The molecule has 0 aliphatic carbocycles. The number of nitrogens with zero attached hydrogens (tertiary/aromatic N) is 4. The fraction of sp³-hybridized carbons (Fsp3) is 0.190. The van der Waals surface area contributed by atoms with Gasteiger partial charge in [0, 0.05) is 24.2 Å². The Morgan fingerprint density at radius 3 is 2.67 bits per heavy atom. The molecule has 136 valence electrons. The van der Waals surface area contributed by atoms with Gasteiger partial charge in [0.2, 0.25) is 0 Å². The lowest BCUT2D eigenvalue weighted by atomic mass is 10.0. The first kappa shape index (κ1) is 17.0. The molecule has 4 aromatic rings. The van der Waals surface area contributed by atoms with Crippen LogP contribution in [-0.2, 0) is 6.54 Å². The molecule has 4 rings (SSSR count). The van der Waals surface area contributed by atoms with E-state index in [4.69, 9.17) is 0 Å². The number of hydrogen-bond acceptors (Lipinski definition) is 5.